The summed E-state index contributed by atoms with van der Waals surface area (Å²) in [5.74, 6) is 3.92. The summed E-state index contributed by atoms with van der Waals surface area (Å²) in [6, 6.07) is 2.96. The van der Waals surface area contributed by atoms with Gasteiger partial charge in [-0.15, -0.1) is 0 Å². The van der Waals surface area contributed by atoms with Crippen LogP contribution in [0.25, 0.3) is 0 Å². The van der Waals surface area contributed by atoms with Crippen LogP contribution in [0.2, 0.25) is 0 Å². The summed E-state index contributed by atoms with van der Waals surface area (Å²) >= 11 is 0. The summed E-state index contributed by atoms with van der Waals surface area (Å²) in [4.78, 5) is 3.89. The average molecular weight is 225 g/mol. The number of nitrogens with one attached hydrogen (secondary N) is 2. The van der Waals surface area contributed by atoms with E-state index >= 15 is 0 Å². The van der Waals surface area contributed by atoms with Gasteiger partial charge < -0.3 is 0 Å². The molecule has 0 bridgehead atoms. The normalized spacial score (nSPS) is 12.7. The zero-order chi connectivity index (χ0) is 11.5. The number of hydrogen-bond acceptors (Lipinski definition) is 4. The Labute approximate surface area is 89.7 Å². The number of hydrogen-bond donors (Lipinski definition) is 3. The van der Waals surface area contributed by atoms with Crippen molar-refractivity contribution < 1.29 is 8.78 Å². The fourth-order valence-corrected chi connectivity index (χ4v) is 1.38. The molecular formula is C9H9F2N5. The zero-order valence-electron chi connectivity index (χ0n) is 8.11. The number of benzene rings is 1. The minimum absolute atomic E-state index is 0.425. The molecular weight excluding hydrogens is 216 g/mol. The molecule has 0 radical (unpaired) electrons. The molecule has 2 rings (SSSR count). The van der Waals surface area contributed by atoms with E-state index in [4.69, 9.17) is 5.84 Å². The van der Waals surface area contributed by atoms with E-state index in [0.29, 0.717) is 11.4 Å². The molecule has 5 nitrogen and oxygen atoms in total. The van der Waals surface area contributed by atoms with Crippen LogP contribution in [0.5, 0.6) is 0 Å². The van der Waals surface area contributed by atoms with Gasteiger partial charge >= 0.3 is 0 Å². The molecule has 4 N–H and O–H groups in total. The second-order valence-electron chi connectivity index (χ2n) is 3.14. The minimum atomic E-state index is -0.933. The van der Waals surface area contributed by atoms with E-state index in [1.165, 1.54) is 12.4 Å². The van der Waals surface area contributed by atoms with Gasteiger partial charge in [-0.2, -0.15) is 5.10 Å². The number of aromatic amines is 1. The molecule has 7 heteroatoms. The number of halogens is 2. The Morgan fingerprint density at radius 1 is 1.31 bits per heavy atom. The highest BCUT2D eigenvalue weighted by Gasteiger charge is 2.16. The molecule has 84 valence electrons. The fraction of sp³-hybridized carbons (Fsp3) is 0.111. The number of hydrazine groups is 1. The average Bonchev–Trinajstić information content (AvgIpc) is 2.78. The molecule has 0 amide bonds. The second kappa shape index (κ2) is 4.33. The zero-order valence-corrected chi connectivity index (χ0v) is 8.11. The summed E-state index contributed by atoms with van der Waals surface area (Å²) < 4.78 is 25.8. The highest BCUT2D eigenvalue weighted by Crippen LogP contribution is 2.19. The number of nitrogens with zero attached hydrogens (tertiary/aromatic N) is 2. The monoisotopic (exact) mass is 225 g/mol. The Morgan fingerprint density at radius 2 is 2.12 bits per heavy atom. The van der Waals surface area contributed by atoms with E-state index in [9.17, 15) is 8.78 Å². The molecule has 1 aromatic carbocycles. The SMILES string of the molecule is NNC(c1ccc(F)c(F)c1)c1ncn[nH]1. The van der Waals surface area contributed by atoms with Crippen LogP contribution in [0.3, 0.4) is 0 Å². The molecule has 1 atom stereocenters. The molecule has 0 saturated carbocycles. The topological polar surface area (TPSA) is 79.6 Å². The predicted octanol–water partition coefficient (Wildman–Crippen LogP) is 0.636. The number of H-pyrrole nitrogens is 1. The van der Waals surface area contributed by atoms with E-state index in [0.717, 1.165) is 12.1 Å². The Bertz CT molecular complexity index is 471. The van der Waals surface area contributed by atoms with Crippen LogP contribution in [0.4, 0.5) is 8.78 Å². The maximum atomic E-state index is 13.0. The van der Waals surface area contributed by atoms with E-state index in [2.05, 4.69) is 20.6 Å². The number of aromatic nitrogens is 3. The Morgan fingerprint density at radius 3 is 2.69 bits per heavy atom. The maximum Gasteiger partial charge on any atom is 0.159 e. The molecule has 1 heterocycles. The third-order valence-electron chi connectivity index (χ3n) is 2.15. The maximum absolute atomic E-state index is 13.0. The number of nitrogens with two attached hydrogens (primary N) is 1. The van der Waals surface area contributed by atoms with Crippen LogP contribution in [-0.2, 0) is 0 Å². The standard InChI is InChI=1S/C9H9F2N5/c10-6-2-1-5(3-7(6)11)8(15-12)9-13-4-14-16-9/h1-4,8,15H,12H2,(H,13,14,16). The molecule has 1 aromatic heterocycles. The van der Waals surface area contributed by atoms with Gasteiger partial charge in [0.25, 0.3) is 0 Å². The van der Waals surface area contributed by atoms with E-state index in [-0.39, 0.29) is 0 Å². The molecule has 1 unspecified atom stereocenters. The van der Waals surface area contributed by atoms with Gasteiger partial charge in [-0.05, 0) is 17.7 Å². The van der Waals surface area contributed by atoms with Crippen molar-refractivity contribution >= 4 is 0 Å². The van der Waals surface area contributed by atoms with Crippen LogP contribution in [0, 0.1) is 11.6 Å². The summed E-state index contributed by atoms with van der Waals surface area (Å²) in [7, 11) is 0. The van der Waals surface area contributed by atoms with Crippen LogP contribution in [0.1, 0.15) is 17.4 Å². The van der Waals surface area contributed by atoms with Crippen LogP contribution in [-0.4, -0.2) is 15.2 Å². The van der Waals surface area contributed by atoms with Gasteiger partial charge in [0, 0.05) is 0 Å². The highest BCUT2D eigenvalue weighted by atomic mass is 19.2. The second-order valence-corrected chi connectivity index (χ2v) is 3.14. The fourth-order valence-electron chi connectivity index (χ4n) is 1.38. The summed E-state index contributed by atoms with van der Waals surface area (Å²) in [6.07, 6.45) is 1.31. The molecule has 0 aliphatic rings. The summed E-state index contributed by atoms with van der Waals surface area (Å²) in [5, 5.41) is 6.26. The third-order valence-corrected chi connectivity index (χ3v) is 2.15. The molecule has 0 fully saturated rings. The largest absolute Gasteiger partial charge is 0.270 e. The van der Waals surface area contributed by atoms with Gasteiger partial charge in [-0.25, -0.2) is 19.2 Å². The molecule has 0 spiro atoms. The van der Waals surface area contributed by atoms with Crippen LogP contribution < -0.4 is 11.3 Å². The van der Waals surface area contributed by atoms with Crippen molar-refractivity contribution in [1.29, 1.82) is 0 Å². The molecule has 2 aromatic rings. The first-order valence-electron chi connectivity index (χ1n) is 4.48. The summed E-state index contributed by atoms with van der Waals surface area (Å²) in [6.45, 7) is 0. The van der Waals surface area contributed by atoms with Crippen LogP contribution in [0.15, 0.2) is 24.5 Å². The minimum Gasteiger partial charge on any atom is -0.270 e. The van der Waals surface area contributed by atoms with Gasteiger partial charge in [0.1, 0.15) is 18.2 Å². The Hall–Kier alpha value is -1.86. The van der Waals surface area contributed by atoms with Crippen molar-refractivity contribution in [3.05, 3.63) is 47.5 Å². The molecule has 0 aliphatic heterocycles. The lowest BCUT2D eigenvalue weighted by Crippen LogP contribution is -2.29. The van der Waals surface area contributed by atoms with Gasteiger partial charge in [0.05, 0.1) is 0 Å². The quantitative estimate of drug-likeness (QED) is 0.529. The molecule has 0 aliphatic carbocycles. The van der Waals surface area contributed by atoms with Gasteiger partial charge in [0.15, 0.2) is 11.6 Å². The van der Waals surface area contributed by atoms with Crippen molar-refractivity contribution in [2.24, 2.45) is 5.84 Å². The predicted molar refractivity (Wildman–Crippen MR) is 51.9 cm³/mol. The van der Waals surface area contributed by atoms with E-state index in [1.807, 2.05) is 0 Å². The Balaban J connectivity index is 2.37. The first-order chi connectivity index (χ1) is 7.72. The molecule has 0 saturated heterocycles. The van der Waals surface area contributed by atoms with E-state index in [1.54, 1.807) is 0 Å². The van der Waals surface area contributed by atoms with Crippen molar-refractivity contribution in [2.45, 2.75) is 6.04 Å². The van der Waals surface area contributed by atoms with Crippen molar-refractivity contribution in [3.8, 4) is 0 Å². The first kappa shape index (κ1) is 10.7. The first-order valence-corrected chi connectivity index (χ1v) is 4.48. The third kappa shape index (κ3) is 1.90. The van der Waals surface area contributed by atoms with E-state index < -0.39 is 17.7 Å². The lowest BCUT2D eigenvalue weighted by atomic mass is 10.1. The lowest BCUT2D eigenvalue weighted by molar-refractivity contribution is 0.502. The van der Waals surface area contributed by atoms with Crippen molar-refractivity contribution in [3.63, 3.8) is 0 Å². The lowest BCUT2D eigenvalue weighted by Gasteiger charge is -2.13. The number of rotatable bonds is 3. The summed E-state index contributed by atoms with van der Waals surface area (Å²) in [5.41, 5.74) is 2.90. The van der Waals surface area contributed by atoms with Crippen molar-refractivity contribution in [1.82, 2.24) is 20.6 Å². The van der Waals surface area contributed by atoms with Gasteiger partial charge in [0.2, 0.25) is 0 Å². The smallest absolute Gasteiger partial charge is 0.159 e. The Kier molecular flexibility index (Phi) is 2.88. The van der Waals surface area contributed by atoms with Gasteiger partial charge in [-0.3, -0.25) is 10.9 Å². The van der Waals surface area contributed by atoms with Gasteiger partial charge in [-0.1, -0.05) is 6.07 Å². The van der Waals surface area contributed by atoms with Crippen LogP contribution >= 0.6 is 0 Å². The van der Waals surface area contributed by atoms with Crippen molar-refractivity contribution in [2.75, 3.05) is 0 Å². The molecule has 16 heavy (non-hydrogen) atoms. The highest BCUT2D eigenvalue weighted by molar-refractivity contribution is 5.25.